The molecular weight excluding hydrogens is 352 g/mol. The van der Waals surface area contributed by atoms with Gasteiger partial charge < -0.3 is 15.0 Å². The van der Waals surface area contributed by atoms with Crippen molar-refractivity contribution in [1.82, 2.24) is 20.0 Å². The van der Waals surface area contributed by atoms with Crippen molar-refractivity contribution >= 4 is 5.91 Å². The van der Waals surface area contributed by atoms with Gasteiger partial charge in [-0.3, -0.25) is 14.6 Å². The van der Waals surface area contributed by atoms with E-state index in [4.69, 9.17) is 4.74 Å². The number of nitrogens with one attached hydrogen (secondary N) is 1. The van der Waals surface area contributed by atoms with Gasteiger partial charge in [0.2, 0.25) is 5.91 Å². The molecule has 0 unspecified atom stereocenters. The topological polar surface area (TPSA) is 48.1 Å². The van der Waals surface area contributed by atoms with E-state index in [-0.39, 0.29) is 12.0 Å². The number of hydrogen-bond acceptors (Lipinski definition) is 5. The summed E-state index contributed by atoms with van der Waals surface area (Å²) in [6.45, 7) is 9.84. The van der Waals surface area contributed by atoms with E-state index in [1.807, 2.05) is 0 Å². The molecule has 0 saturated carbocycles. The summed E-state index contributed by atoms with van der Waals surface area (Å²) in [4.78, 5) is 19.8. The standard InChI is InChI=1S/C22H34N4O2/c27-22(16-21-17-23-8-15-28-21)26-9-6-20(7-10-26)25-13-11-24(12-14-25)18-19-4-2-1-3-5-19/h1-5,20-21,23H,6-18H2/t21-/m1/s1. The molecule has 3 fully saturated rings. The van der Waals surface area contributed by atoms with Gasteiger partial charge in [-0.15, -0.1) is 0 Å². The third-order valence-electron chi connectivity index (χ3n) is 6.40. The minimum Gasteiger partial charge on any atom is -0.375 e. The van der Waals surface area contributed by atoms with Gasteiger partial charge in [0.1, 0.15) is 0 Å². The summed E-state index contributed by atoms with van der Waals surface area (Å²) in [6, 6.07) is 11.4. The van der Waals surface area contributed by atoms with Gasteiger partial charge in [0.15, 0.2) is 0 Å². The molecular formula is C22H34N4O2. The zero-order chi connectivity index (χ0) is 19.2. The Labute approximate surface area is 168 Å². The normalized spacial score (nSPS) is 25.7. The van der Waals surface area contributed by atoms with Gasteiger partial charge in [0.05, 0.1) is 19.1 Å². The first-order chi connectivity index (χ1) is 13.8. The molecule has 1 aromatic rings. The number of nitrogens with zero attached hydrogens (tertiary/aromatic N) is 3. The highest BCUT2D eigenvalue weighted by Crippen LogP contribution is 2.20. The molecule has 6 heteroatoms. The molecule has 154 valence electrons. The fourth-order valence-electron chi connectivity index (χ4n) is 4.68. The van der Waals surface area contributed by atoms with Crippen LogP contribution < -0.4 is 5.32 Å². The lowest BCUT2D eigenvalue weighted by molar-refractivity contribution is -0.136. The van der Waals surface area contributed by atoms with Crippen molar-refractivity contribution < 1.29 is 9.53 Å². The van der Waals surface area contributed by atoms with E-state index in [9.17, 15) is 4.79 Å². The van der Waals surface area contributed by atoms with E-state index in [2.05, 4.69) is 50.3 Å². The lowest BCUT2D eigenvalue weighted by atomic mass is 10.0. The Balaban J connectivity index is 1.17. The van der Waals surface area contributed by atoms with Gasteiger partial charge in [0.25, 0.3) is 0 Å². The molecule has 1 amide bonds. The Morgan fingerprint density at radius 1 is 1.04 bits per heavy atom. The predicted octanol–water partition coefficient (Wildman–Crippen LogP) is 1.17. The van der Waals surface area contributed by atoms with Crippen LogP contribution in [0.2, 0.25) is 0 Å². The van der Waals surface area contributed by atoms with Crippen LogP contribution in [0.4, 0.5) is 0 Å². The quantitative estimate of drug-likeness (QED) is 0.823. The second-order valence-electron chi connectivity index (χ2n) is 8.31. The molecule has 3 aliphatic heterocycles. The van der Waals surface area contributed by atoms with Crippen LogP contribution in [0.15, 0.2) is 30.3 Å². The van der Waals surface area contributed by atoms with Crippen molar-refractivity contribution in [2.24, 2.45) is 0 Å². The van der Waals surface area contributed by atoms with E-state index < -0.39 is 0 Å². The number of piperidine rings is 1. The maximum absolute atomic E-state index is 12.6. The number of piperazine rings is 1. The van der Waals surface area contributed by atoms with Crippen LogP contribution in [0, 0.1) is 0 Å². The summed E-state index contributed by atoms with van der Waals surface area (Å²) in [7, 11) is 0. The minimum atomic E-state index is 0.0525. The number of rotatable bonds is 5. The molecule has 0 aliphatic carbocycles. The molecule has 3 aliphatic rings. The third kappa shape index (κ3) is 5.32. The fourth-order valence-corrected chi connectivity index (χ4v) is 4.68. The van der Waals surface area contributed by atoms with Crippen LogP contribution in [-0.4, -0.2) is 91.7 Å². The smallest absolute Gasteiger partial charge is 0.225 e. The molecule has 0 spiro atoms. The third-order valence-corrected chi connectivity index (χ3v) is 6.40. The Morgan fingerprint density at radius 2 is 1.79 bits per heavy atom. The number of benzene rings is 1. The number of ether oxygens (including phenoxy) is 1. The predicted molar refractivity (Wildman–Crippen MR) is 110 cm³/mol. The largest absolute Gasteiger partial charge is 0.375 e. The van der Waals surface area contributed by atoms with Gasteiger partial charge >= 0.3 is 0 Å². The Kier molecular flexibility index (Phi) is 6.96. The number of likely N-dealkylation sites (tertiary alicyclic amines) is 1. The van der Waals surface area contributed by atoms with E-state index >= 15 is 0 Å². The summed E-state index contributed by atoms with van der Waals surface area (Å²) >= 11 is 0. The monoisotopic (exact) mass is 386 g/mol. The van der Waals surface area contributed by atoms with Gasteiger partial charge in [-0.1, -0.05) is 30.3 Å². The Morgan fingerprint density at radius 3 is 2.46 bits per heavy atom. The number of amides is 1. The molecule has 1 N–H and O–H groups in total. The van der Waals surface area contributed by atoms with E-state index in [0.717, 1.165) is 78.4 Å². The summed E-state index contributed by atoms with van der Waals surface area (Å²) in [5.41, 5.74) is 1.40. The van der Waals surface area contributed by atoms with Gasteiger partial charge in [-0.2, -0.15) is 0 Å². The first-order valence-corrected chi connectivity index (χ1v) is 10.9. The first-order valence-electron chi connectivity index (χ1n) is 10.9. The average Bonchev–Trinajstić information content (AvgIpc) is 2.76. The SMILES string of the molecule is O=C(C[C@@H]1CNCCO1)N1CCC(N2CCN(Cc3ccccc3)CC2)CC1. The van der Waals surface area contributed by atoms with E-state index in [0.29, 0.717) is 12.5 Å². The lowest BCUT2D eigenvalue weighted by Gasteiger charge is -2.43. The van der Waals surface area contributed by atoms with Crippen LogP contribution in [0.3, 0.4) is 0 Å². The average molecular weight is 387 g/mol. The van der Waals surface area contributed by atoms with E-state index in [1.165, 1.54) is 5.56 Å². The van der Waals surface area contributed by atoms with Gasteiger partial charge in [-0.25, -0.2) is 0 Å². The molecule has 1 aromatic carbocycles. The highest BCUT2D eigenvalue weighted by molar-refractivity contribution is 5.76. The van der Waals surface area contributed by atoms with E-state index in [1.54, 1.807) is 0 Å². The Hall–Kier alpha value is -1.47. The molecule has 0 aromatic heterocycles. The van der Waals surface area contributed by atoms with Crippen LogP contribution in [0.1, 0.15) is 24.8 Å². The van der Waals surface area contributed by atoms with Crippen LogP contribution >= 0.6 is 0 Å². The van der Waals surface area contributed by atoms with Crippen molar-refractivity contribution in [1.29, 1.82) is 0 Å². The molecule has 3 saturated heterocycles. The maximum Gasteiger partial charge on any atom is 0.225 e. The molecule has 0 radical (unpaired) electrons. The second kappa shape index (κ2) is 9.83. The summed E-state index contributed by atoms with van der Waals surface area (Å²) in [5.74, 6) is 0.264. The maximum atomic E-state index is 12.6. The summed E-state index contributed by atoms with van der Waals surface area (Å²) in [6.07, 6.45) is 2.79. The molecule has 1 atom stereocenters. The Bertz CT molecular complexity index is 604. The van der Waals surface area contributed by atoms with Crippen LogP contribution in [-0.2, 0) is 16.1 Å². The van der Waals surface area contributed by atoms with Gasteiger partial charge in [0, 0.05) is 64.9 Å². The number of hydrogen-bond donors (Lipinski definition) is 1. The highest BCUT2D eigenvalue weighted by Gasteiger charge is 2.30. The van der Waals surface area contributed by atoms with Crippen molar-refractivity contribution in [2.75, 3.05) is 59.0 Å². The minimum absolute atomic E-state index is 0.0525. The fraction of sp³-hybridized carbons (Fsp3) is 0.682. The number of carbonyl (C=O) groups is 1. The van der Waals surface area contributed by atoms with Crippen molar-refractivity contribution in [3.8, 4) is 0 Å². The lowest BCUT2D eigenvalue weighted by Crippen LogP contribution is -2.53. The molecule has 0 bridgehead atoms. The number of carbonyl (C=O) groups excluding carboxylic acids is 1. The highest BCUT2D eigenvalue weighted by atomic mass is 16.5. The van der Waals surface area contributed by atoms with Gasteiger partial charge in [-0.05, 0) is 18.4 Å². The van der Waals surface area contributed by atoms with Crippen molar-refractivity contribution in [3.05, 3.63) is 35.9 Å². The summed E-state index contributed by atoms with van der Waals surface area (Å²) in [5, 5.41) is 3.31. The molecule has 3 heterocycles. The first kappa shape index (κ1) is 19.8. The number of morpholine rings is 1. The molecule has 6 nitrogen and oxygen atoms in total. The second-order valence-corrected chi connectivity index (χ2v) is 8.31. The van der Waals surface area contributed by atoms with Crippen molar-refractivity contribution in [2.45, 2.75) is 38.0 Å². The zero-order valence-corrected chi connectivity index (χ0v) is 16.9. The summed E-state index contributed by atoms with van der Waals surface area (Å²) < 4.78 is 5.69. The van der Waals surface area contributed by atoms with Crippen LogP contribution in [0.25, 0.3) is 0 Å². The molecule has 4 rings (SSSR count). The zero-order valence-electron chi connectivity index (χ0n) is 16.9. The van der Waals surface area contributed by atoms with Crippen LogP contribution in [0.5, 0.6) is 0 Å². The van der Waals surface area contributed by atoms with Crippen molar-refractivity contribution in [3.63, 3.8) is 0 Å². The molecule has 28 heavy (non-hydrogen) atoms.